The van der Waals surface area contributed by atoms with Crippen LogP contribution >= 0.6 is 0 Å². The Morgan fingerprint density at radius 1 is 0.962 bits per heavy atom. The largest absolute Gasteiger partial charge is 0.508 e. The molecule has 0 atom stereocenters. The Labute approximate surface area is 297 Å². The van der Waals surface area contributed by atoms with Crippen molar-refractivity contribution in [1.82, 2.24) is 40.2 Å². The molecule has 2 aliphatic rings. The van der Waals surface area contributed by atoms with Crippen molar-refractivity contribution in [1.29, 1.82) is 0 Å². The zero-order valence-corrected chi connectivity index (χ0v) is 27.5. The summed E-state index contributed by atoms with van der Waals surface area (Å²) in [6, 6.07) is 20.6. The Kier molecular flexibility index (Phi) is 8.15. The molecule has 1 amide bonds. The average molecular weight is 710 g/mol. The number of amides is 1. The summed E-state index contributed by atoms with van der Waals surface area (Å²) in [5, 5.41) is 32.1. The van der Waals surface area contributed by atoms with E-state index in [2.05, 4.69) is 35.6 Å². The summed E-state index contributed by atoms with van der Waals surface area (Å²) in [5.41, 5.74) is 9.77. The van der Waals surface area contributed by atoms with Gasteiger partial charge in [0.25, 0.3) is 5.91 Å². The number of fused-ring (bicyclic) bond motifs is 3. The van der Waals surface area contributed by atoms with E-state index in [0.717, 1.165) is 11.1 Å². The lowest BCUT2D eigenvalue weighted by atomic mass is 9.87. The lowest BCUT2D eigenvalue weighted by Gasteiger charge is -2.19. The molecule has 16 heteroatoms. The zero-order chi connectivity index (χ0) is 36.6. The summed E-state index contributed by atoms with van der Waals surface area (Å²) in [4.78, 5) is 53.8. The van der Waals surface area contributed by atoms with Gasteiger partial charge in [-0.3, -0.25) is 9.59 Å². The van der Waals surface area contributed by atoms with Gasteiger partial charge in [-0.1, -0.05) is 35.5 Å². The van der Waals surface area contributed by atoms with Crippen molar-refractivity contribution in [3.05, 3.63) is 130 Å². The summed E-state index contributed by atoms with van der Waals surface area (Å²) in [6.45, 7) is 0.651. The SMILES string of the molecule is Nc1nc(OCc2ccc(Cn3cc(CNC(=O)c4cccc(C(=O)O)c4-c4c5ccc(=O)cc-5oc5cc(O)ccc45)nn3)cc2)c2[nH]cnc2n1. The smallest absolute Gasteiger partial charge is 0.336 e. The number of phenols is 1. The van der Waals surface area contributed by atoms with Crippen LogP contribution in [0.4, 0.5) is 5.95 Å². The number of H-pyrrole nitrogens is 1. The van der Waals surface area contributed by atoms with Gasteiger partial charge < -0.3 is 35.4 Å². The van der Waals surface area contributed by atoms with Crippen LogP contribution < -0.4 is 21.2 Å². The maximum Gasteiger partial charge on any atom is 0.336 e. The lowest BCUT2D eigenvalue weighted by molar-refractivity contribution is 0.0697. The number of carboxylic acid groups (broad SMARTS) is 1. The van der Waals surface area contributed by atoms with Gasteiger partial charge in [0.05, 0.1) is 31.2 Å². The number of aromatic carboxylic acids is 1. The lowest BCUT2D eigenvalue weighted by Crippen LogP contribution is -2.24. The number of imidazole rings is 1. The molecule has 0 radical (unpaired) electrons. The van der Waals surface area contributed by atoms with Crippen LogP contribution in [0.5, 0.6) is 11.6 Å². The van der Waals surface area contributed by atoms with Crippen LogP contribution in [0.25, 0.3) is 44.6 Å². The predicted molar refractivity (Wildman–Crippen MR) is 190 cm³/mol. The molecule has 53 heavy (non-hydrogen) atoms. The number of nitrogens with two attached hydrogens (primary N) is 1. The summed E-state index contributed by atoms with van der Waals surface area (Å²) in [5.74, 6) is -1.37. The molecule has 6 aromatic rings. The van der Waals surface area contributed by atoms with E-state index in [0.29, 0.717) is 45.8 Å². The Hall–Kier alpha value is -7.62. The number of phenolic OH excluding ortho intramolecular Hbond substituents is 1. The molecular formula is C37H27N9O7. The van der Waals surface area contributed by atoms with Crippen molar-refractivity contribution < 1.29 is 29.0 Å². The third-order valence-electron chi connectivity index (χ3n) is 8.50. The Balaban J connectivity index is 0.996. The van der Waals surface area contributed by atoms with Gasteiger partial charge in [-0.15, -0.1) is 5.10 Å². The zero-order valence-electron chi connectivity index (χ0n) is 27.5. The fourth-order valence-corrected chi connectivity index (χ4v) is 6.09. The molecule has 3 aromatic heterocycles. The number of nitrogen functional groups attached to an aromatic ring is 1. The third-order valence-corrected chi connectivity index (χ3v) is 8.50. The van der Waals surface area contributed by atoms with Crippen molar-refractivity contribution >= 4 is 40.0 Å². The predicted octanol–water partition coefficient (Wildman–Crippen LogP) is 4.37. The highest BCUT2D eigenvalue weighted by atomic mass is 16.5. The first-order valence-electron chi connectivity index (χ1n) is 16.1. The molecule has 8 rings (SSSR count). The van der Waals surface area contributed by atoms with Crippen molar-refractivity contribution in [2.24, 2.45) is 0 Å². The first-order valence-corrected chi connectivity index (χ1v) is 16.1. The number of nitrogens with zero attached hydrogens (tertiary/aromatic N) is 6. The molecule has 0 spiro atoms. The summed E-state index contributed by atoms with van der Waals surface area (Å²) >= 11 is 0. The number of benzene rings is 4. The molecule has 262 valence electrons. The van der Waals surface area contributed by atoms with E-state index in [1.807, 2.05) is 24.3 Å². The van der Waals surface area contributed by atoms with Crippen molar-refractivity contribution in [2.75, 3.05) is 5.73 Å². The molecule has 0 saturated carbocycles. The minimum Gasteiger partial charge on any atom is -0.508 e. The van der Waals surface area contributed by atoms with Gasteiger partial charge in [0, 0.05) is 39.8 Å². The molecule has 0 unspecified atom stereocenters. The van der Waals surface area contributed by atoms with E-state index in [1.54, 1.807) is 16.9 Å². The van der Waals surface area contributed by atoms with E-state index in [-0.39, 0.29) is 58.3 Å². The first-order chi connectivity index (χ1) is 25.7. The molecule has 4 heterocycles. The molecule has 6 N–H and O–H groups in total. The van der Waals surface area contributed by atoms with Crippen LogP contribution in [0.3, 0.4) is 0 Å². The van der Waals surface area contributed by atoms with Gasteiger partial charge in [0.1, 0.15) is 34.9 Å². The molecule has 0 bridgehead atoms. The molecule has 3 aromatic carbocycles. The average Bonchev–Trinajstić information content (AvgIpc) is 3.81. The number of carbonyl (C=O) groups is 2. The van der Waals surface area contributed by atoms with Crippen LogP contribution in [-0.4, -0.2) is 57.0 Å². The van der Waals surface area contributed by atoms with Crippen LogP contribution in [-0.2, 0) is 19.7 Å². The molecule has 0 saturated heterocycles. The van der Waals surface area contributed by atoms with E-state index in [4.69, 9.17) is 14.9 Å². The number of nitrogens with one attached hydrogen (secondary N) is 2. The number of hydrogen-bond donors (Lipinski definition) is 5. The molecular weight excluding hydrogens is 682 g/mol. The van der Waals surface area contributed by atoms with Crippen LogP contribution in [0.2, 0.25) is 0 Å². The summed E-state index contributed by atoms with van der Waals surface area (Å²) < 4.78 is 13.4. The third kappa shape index (κ3) is 6.43. The van der Waals surface area contributed by atoms with Gasteiger partial charge >= 0.3 is 5.97 Å². The normalized spacial score (nSPS) is 11.3. The number of aromatic nitrogens is 7. The van der Waals surface area contributed by atoms with Crippen molar-refractivity contribution in [2.45, 2.75) is 19.7 Å². The number of rotatable bonds is 10. The fourth-order valence-electron chi connectivity index (χ4n) is 6.09. The number of carbonyl (C=O) groups excluding carboxylic acids is 1. The van der Waals surface area contributed by atoms with Gasteiger partial charge in [0.2, 0.25) is 11.8 Å². The number of anilines is 1. The second-order valence-corrected chi connectivity index (χ2v) is 12.0. The minimum atomic E-state index is -1.26. The second-order valence-electron chi connectivity index (χ2n) is 12.0. The first kappa shape index (κ1) is 32.6. The highest BCUT2D eigenvalue weighted by molar-refractivity contribution is 6.14. The van der Waals surface area contributed by atoms with Gasteiger partial charge in [0.15, 0.2) is 11.1 Å². The number of ether oxygens (including phenoxy) is 1. The summed E-state index contributed by atoms with van der Waals surface area (Å²) in [6.07, 6.45) is 3.19. The quantitative estimate of drug-likeness (QED) is 0.124. The van der Waals surface area contributed by atoms with Crippen LogP contribution in [0.15, 0.2) is 101 Å². The van der Waals surface area contributed by atoms with Crippen LogP contribution in [0.1, 0.15) is 37.5 Å². The highest BCUT2D eigenvalue weighted by Crippen LogP contribution is 2.43. The fraction of sp³-hybridized carbons (Fsp3) is 0.0811. The standard InChI is InChI=1S/C37H27N9O7/c38-37-42-33-32(40-18-41-33)35(43-37)52-17-20-6-4-19(5-7-20)15-46-16-21(44-45-46)14-39-34(49)26-2-1-3-27(36(50)51)31(26)30-24-10-8-22(47)12-28(24)53-29-13-23(48)9-11-25(29)30/h1-13,16,18,47H,14-15,17H2,(H,39,49)(H,50,51)(H3,38,40,41,42,43). The molecule has 1 aliphatic heterocycles. The molecule has 16 nitrogen and oxygen atoms in total. The topological polar surface area (TPSA) is 237 Å². The van der Waals surface area contributed by atoms with Gasteiger partial charge in [-0.2, -0.15) is 9.97 Å². The summed E-state index contributed by atoms with van der Waals surface area (Å²) in [7, 11) is 0. The van der Waals surface area contributed by atoms with Gasteiger partial charge in [-0.05, 0) is 47.5 Å². The Morgan fingerprint density at radius 2 is 1.77 bits per heavy atom. The molecule has 0 fully saturated rings. The van der Waals surface area contributed by atoms with E-state index >= 15 is 0 Å². The van der Waals surface area contributed by atoms with E-state index < -0.39 is 11.9 Å². The monoisotopic (exact) mass is 709 g/mol. The number of aromatic hydroxyl groups is 1. The maximum atomic E-state index is 13.8. The Bertz CT molecular complexity index is 2720. The number of carboxylic acids is 1. The van der Waals surface area contributed by atoms with Crippen LogP contribution in [0, 0.1) is 0 Å². The maximum absolute atomic E-state index is 13.8. The number of hydrogen-bond acceptors (Lipinski definition) is 12. The van der Waals surface area contributed by atoms with Crippen molar-refractivity contribution in [3.8, 4) is 34.1 Å². The van der Waals surface area contributed by atoms with Gasteiger partial charge in [-0.25, -0.2) is 14.5 Å². The minimum absolute atomic E-state index is 0.00202. The second kappa shape index (κ2) is 13.3. The van der Waals surface area contributed by atoms with E-state index in [9.17, 15) is 24.6 Å². The Morgan fingerprint density at radius 3 is 2.60 bits per heavy atom. The van der Waals surface area contributed by atoms with E-state index in [1.165, 1.54) is 54.9 Å². The van der Waals surface area contributed by atoms with Crippen molar-refractivity contribution in [3.63, 3.8) is 0 Å². The number of aromatic amines is 1. The molecule has 1 aliphatic carbocycles. The highest BCUT2D eigenvalue weighted by Gasteiger charge is 2.27.